The Hall–Kier alpha value is -2.01. The van der Waals surface area contributed by atoms with E-state index in [0.29, 0.717) is 41.4 Å². The van der Waals surface area contributed by atoms with Crippen LogP contribution in [0.5, 0.6) is 11.5 Å². The van der Waals surface area contributed by atoms with Gasteiger partial charge in [-0.2, -0.15) is 0 Å². The van der Waals surface area contributed by atoms with E-state index in [1.54, 1.807) is 19.1 Å². The molecule has 0 aliphatic carbocycles. The minimum atomic E-state index is -0.398. The molecular formula is C18H19BrO4. The molecule has 0 aromatic heterocycles. The molecule has 0 spiro atoms. The number of carbonyl (C=O) groups excluding carboxylic acids is 1. The van der Waals surface area contributed by atoms with Crippen LogP contribution in [-0.2, 0) is 11.3 Å². The molecule has 2 aromatic carbocycles. The fourth-order valence-electron chi connectivity index (χ4n) is 2.01. The highest BCUT2D eigenvalue weighted by molar-refractivity contribution is 9.10. The topological polar surface area (TPSA) is 44.8 Å². The summed E-state index contributed by atoms with van der Waals surface area (Å²) < 4.78 is 17.1. The molecule has 0 amide bonds. The van der Waals surface area contributed by atoms with Crippen molar-refractivity contribution >= 4 is 21.9 Å². The highest BCUT2D eigenvalue weighted by Crippen LogP contribution is 2.36. The summed E-state index contributed by atoms with van der Waals surface area (Å²) in [4.78, 5) is 12.0. The van der Waals surface area contributed by atoms with Gasteiger partial charge in [-0.25, -0.2) is 4.79 Å². The molecule has 2 rings (SSSR count). The standard InChI is InChI=1S/C18H19BrO4/c1-3-21-15-10-14(18(20)22-4-2)11-16(17(15)19)23-12-13-8-6-5-7-9-13/h5-11H,3-4,12H2,1-2H3. The van der Waals surface area contributed by atoms with Crippen LogP contribution in [0.3, 0.4) is 0 Å². The van der Waals surface area contributed by atoms with Gasteiger partial charge in [0.15, 0.2) is 0 Å². The minimum absolute atomic E-state index is 0.319. The average Bonchev–Trinajstić information content (AvgIpc) is 2.57. The molecule has 0 radical (unpaired) electrons. The summed E-state index contributed by atoms with van der Waals surface area (Å²) >= 11 is 3.48. The van der Waals surface area contributed by atoms with E-state index in [9.17, 15) is 4.79 Å². The van der Waals surface area contributed by atoms with Crippen LogP contribution in [-0.4, -0.2) is 19.2 Å². The van der Waals surface area contributed by atoms with Gasteiger partial charge < -0.3 is 14.2 Å². The van der Waals surface area contributed by atoms with Crippen molar-refractivity contribution in [3.05, 3.63) is 58.1 Å². The molecule has 0 saturated heterocycles. The molecule has 0 unspecified atom stereocenters. The first kappa shape index (κ1) is 17.3. The molecule has 4 nitrogen and oxygen atoms in total. The smallest absolute Gasteiger partial charge is 0.338 e. The predicted octanol–water partition coefficient (Wildman–Crippen LogP) is 4.60. The van der Waals surface area contributed by atoms with E-state index in [2.05, 4.69) is 15.9 Å². The number of benzene rings is 2. The van der Waals surface area contributed by atoms with Crippen molar-refractivity contribution in [3.63, 3.8) is 0 Å². The lowest BCUT2D eigenvalue weighted by Crippen LogP contribution is -2.07. The van der Waals surface area contributed by atoms with Crippen LogP contribution in [0.2, 0.25) is 0 Å². The Kier molecular flexibility index (Phi) is 6.47. The molecular weight excluding hydrogens is 360 g/mol. The third-order valence-electron chi connectivity index (χ3n) is 3.05. The Morgan fingerprint density at radius 3 is 2.26 bits per heavy atom. The van der Waals surface area contributed by atoms with E-state index in [1.807, 2.05) is 37.3 Å². The molecule has 0 atom stereocenters. The lowest BCUT2D eigenvalue weighted by atomic mass is 10.2. The SMILES string of the molecule is CCOC(=O)c1cc(OCC)c(Br)c(OCc2ccccc2)c1. The summed E-state index contributed by atoms with van der Waals surface area (Å²) in [6.07, 6.45) is 0. The maximum absolute atomic E-state index is 12.0. The number of esters is 1. The Balaban J connectivity index is 2.26. The minimum Gasteiger partial charge on any atom is -0.493 e. The zero-order chi connectivity index (χ0) is 16.7. The number of rotatable bonds is 7. The third-order valence-corrected chi connectivity index (χ3v) is 3.84. The molecule has 122 valence electrons. The summed E-state index contributed by atoms with van der Waals surface area (Å²) in [5.41, 5.74) is 1.44. The van der Waals surface area contributed by atoms with Crippen LogP contribution in [0.4, 0.5) is 0 Å². The lowest BCUT2D eigenvalue weighted by Gasteiger charge is -2.14. The molecule has 0 heterocycles. The average molecular weight is 379 g/mol. The van der Waals surface area contributed by atoms with Gasteiger partial charge in [0.25, 0.3) is 0 Å². The van der Waals surface area contributed by atoms with Crippen molar-refractivity contribution in [2.24, 2.45) is 0 Å². The number of halogens is 1. The monoisotopic (exact) mass is 378 g/mol. The Bertz CT molecular complexity index is 656. The number of ether oxygens (including phenoxy) is 3. The zero-order valence-corrected chi connectivity index (χ0v) is 14.8. The maximum atomic E-state index is 12.0. The fraction of sp³-hybridized carbons (Fsp3) is 0.278. The molecule has 0 saturated carbocycles. The molecule has 0 fully saturated rings. The highest BCUT2D eigenvalue weighted by atomic mass is 79.9. The van der Waals surface area contributed by atoms with Gasteiger partial charge in [-0.1, -0.05) is 30.3 Å². The second-order valence-electron chi connectivity index (χ2n) is 4.71. The summed E-state index contributed by atoms with van der Waals surface area (Å²) in [6, 6.07) is 13.1. The van der Waals surface area contributed by atoms with Crippen LogP contribution in [0.25, 0.3) is 0 Å². The molecule has 0 aliphatic heterocycles. The van der Waals surface area contributed by atoms with Crippen LogP contribution in [0.1, 0.15) is 29.8 Å². The number of carbonyl (C=O) groups is 1. The molecule has 0 N–H and O–H groups in total. The van der Waals surface area contributed by atoms with Crippen molar-refractivity contribution in [2.75, 3.05) is 13.2 Å². The van der Waals surface area contributed by atoms with Gasteiger partial charge in [-0.05, 0) is 47.5 Å². The van der Waals surface area contributed by atoms with E-state index in [1.165, 1.54) is 0 Å². The van der Waals surface area contributed by atoms with E-state index < -0.39 is 5.97 Å². The van der Waals surface area contributed by atoms with E-state index in [0.717, 1.165) is 5.56 Å². The first-order valence-electron chi connectivity index (χ1n) is 7.45. The predicted molar refractivity (Wildman–Crippen MR) is 92.0 cm³/mol. The summed E-state index contributed by atoms with van der Waals surface area (Å²) in [5, 5.41) is 0. The van der Waals surface area contributed by atoms with Crippen molar-refractivity contribution in [1.82, 2.24) is 0 Å². The molecule has 0 aliphatic rings. The highest BCUT2D eigenvalue weighted by Gasteiger charge is 2.16. The first-order chi connectivity index (χ1) is 11.2. The number of hydrogen-bond acceptors (Lipinski definition) is 4. The summed E-state index contributed by atoms with van der Waals surface area (Å²) in [6.45, 7) is 4.86. The molecule has 23 heavy (non-hydrogen) atoms. The van der Waals surface area contributed by atoms with Crippen molar-refractivity contribution in [3.8, 4) is 11.5 Å². The van der Waals surface area contributed by atoms with Gasteiger partial charge in [0.2, 0.25) is 0 Å². The Labute approximate surface area is 144 Å². The Morgan fingerprint density at radius 1 is 1.00 bits per heavy atom. The van der Waals surface area contributed by atoms with Gasteiger partial charge in [0.1, 0.15) is 22.6 Å². The largest absolute Gasteiger partial charge is 0.493 e. The quantitative estimate of drug-likeness (QED) is 0.660. The van der Waals surface area contributed by atoms with Gasteiger partial charge in [0, 0.05) is 0 Å². The second-order valence-corrected chi connectivity index (χ2v) is 5.51. The molecule has 0 bridgehead atoms. The fourth-order valence-corrected chi connectivity index (χ4v) is 2.46. The van der Waals surface area contributed by atoms with Crippen molar-refractivity contribution in [2.45, 2.75) is 20.5 Å². The first-order valence-corrected chi connectivity index (χ1v) is 8.25. The van der Waals surface area contributed by atoms with Crippen LogP contribution in [0.15, 0.2) is 46.9 Å². The maximum Gasteiger partial charge on any atom is 0.338 e. The van der Waals surface area contributed by atoms with Gasteiger partial charge in [-0.15, -0.1) is 0 Å². The van der Waals surface area contributed by atoms with Crippen molar-refractivity contribution < 1.29 is 19.0 Å². The van der Waals surface area contributed by atoms with E-state index in [-0.39, 0.29) is 0 Å². The summed E-state index contributed by atoms with van der Waals surface area (Å²) in [5.74, 6) is 0.703. The second kappa shape index (κ2) is 8.58. The van der Waals surface area contributed by atoms with Crippen LogP contribution >= 0.6 is 15.9 Å². The summed E-state index contributed by atoms with van der Waals surface area (Å²) in [7, 11) is 0. The zero-order valence-electron chi connectivity index (χ0n) is 13.2. The van der Waals surface area contributed by atoms with Gasteiger partial charge in [0.05, 0.1) is 18.8 Å². The van der Waals surface area contributed by atoms with Crippen molar-refractivity contribution in [1.29, 1.82) is 0 Å². The normalized spacial score (nSPS) is 10.2. The van der Waals surface area contributed by atoms with Crippen LogP contribution in [0, 0.1) is 0 Å². The van der Waals surface area contributed by atoms with E-state index >= 15 is 0 Å². The van der Waals surface area contributed by atoms with Gasteiger partial charge in [-0.3, -0.25) is 0 Å². The van der Waals surface area contributed by atoms with Crippen LogP contribution < -0.4 is 9.47 Å². The Morgan fingerprint density at radius 2 is 1.65 bits per heavy atom. The molecule has 2 aromatic rings. The third kappa shape index (κ3) is 4.73. The lowest BCUT2D eigenvalue weighted by molar-refractivity contribution is 0.0525. The number of hydrogen-bond donors (Lipinski definition) is 0. The van der Waals surface area contributed by atoms with Gasteiger partial charge >= 0.3 is 5.97 Å². The molecule has 5 heteroatoms. The van der Waals surface area contributed by atoms with E-state index in [4.69, 9.17) is 14.2 Å².